The third kappa shape index (κ3) is 2.86. The van der Waals surface area contributed by atoms with Crippen molar-refractivity contribution in [3.8, 4) is 5.75 Å². The third-order valence-corrected chi connectivity index (χ3v) is 3.95. The zero-order valence-electron chi connectivity index (χ0n) is 11.6. The molecule has 0 saturated heterocycles. The van der Waals surface area contributed by atoms with Crippen molar-refractivity contribution < 1.29 is 9.84 Å². The Morgan fingerprint density at radius 2 is 2.06 bits per heavy atom. The van der Waals surface area contributed by atoms with Crippen LogP contribution >= 0.6 is 0 Å². The first-order chi connectivity index (χ1) is 8.67. The topological polar surface area (TPSA) is 29.5 Å². The van der Waals surface area contributed by atoms with E-state index >= 15 is 0 Å². The zero-order valence-corrected chi connectivity index (χ0v) is 11.6. The molecule has 0 spiro atoms. The summed E-state index contributed by atoms with van der Waals surface area (Å²) < 4.78 is 5.50. The fourth-order valence-electron chi connectivity index (χ4n) is 2.68. The largest absolute Gasteiger partial charge is 0.496 e. The van der Waals surface area contributed by atoms with E-state index in [2.05, 4.69) is 32.0 Å². The molecule has 0 radical (unpaired) electrons. The Morgan fingerprint density at radius 3 is 2.56 bits per heavy atom. The SMILES string of the molecule is COc1ccc(C(C)C)cc1C(CCO)C1CC1. The third-order valence-electron chi connectivity index (χ3n) is 3.95. The minimum Gasteiger partial charge on any atom is -0.496 e. The van der Waals surface area contributed by atoms with Gasteiger partial charge in [-0.2, -0.15) is 0 Å². The van der Waals surface area contributed by atoms with E-state index in [0.29, 0.717) is 11.8 Å². The van der Waals surface area contributed by atoms with E-state index in [1.165, 1.54) is 24.0 Å². The standard InChI is InChI=1S/C16H24O2/c1-11(2)13-6-7-16(18-3)15(10-13)14(8-9-17)12-4-5-12/h6-7,10-12,14,17H,4-5,8-9H2,1-3H3. The molecule has 1 fully saturated rings. The summed E-state index contributed by atoms with van der Waals surface area (Å²) in [5.74, 6) is 2.71. The minimum absolute atomic E-state index is 0.260. The molecule has 2 nitrogen and oxygen atoms in total. The normalized spacial score (nSPS) is 16.9. The number of methoxy groups -OCH3 is 1. The first kappa shape index (κ1) is 13.4. The van der Waals surface area contributed by atoms with Gasteiger partial charge in [-0.3, -0.25) is 0 Å². The number of hydrogen-bond donors (Lipinski definition) is 1. The van der Waals surface area contributed by atoms with Crippen LogP contribution in [-0.2, 0) is 0 Å². The number of benzene rings is 1. The molecule has 0 heterocycles. The van der Waals surface area contributed by atoms with E-state index in [-0.39, 0.29) is 6.61 Å². The van der Waals surface area contributed by atoms with Crippen LogP contribution in [0.25, 0.3) is 0 Å². The van der Waals surface area contributed by atoms with Crippen LogP contribution in [0.1, 0.15) is 56.1 Å². The van der Waals surface area contributed by atoms with Gasteiger partial charge in [0.2, 0.25) is 0 Å². The molecule has 1 N–H and O–H groups in total. The molecule has 18 heavy (non-hydrogen) atoms. The molecule has 0 amide bonds. The van der Waals surface area contributed by atoms with Crippen molar-refractivity contribution in [1.82, 2.24) is 0 Å². The highest BCUT2D eigenvalue weighted by molar-refractivity contribution is 5.41. The number of ether oxygens (including phenoxy) is 1. The van der Waals surface area contributed by atoms with E-state index in [1.54, 1.807) is 7.11 Å². The van der Waals surface area contributed by atoms with E-state index in [1.807, 2.05) is 0 Å². The van der Waals surface area contributed by atoms with Gasteiger partial charge in [-0.05, 0) is 54.2 Å². The Labute approximate surface area is 110 Å². The fraction of sp³-hybridized carbons (Fsp3) is 0.625. The first-order valence-electron chi connectivity index (χ1n) is 6.96. The van der Waals surface area contributed by atoms with Gasteiger partial charge in [-0.1, -0.05) is 26.0 Å². The predicted octanol–water partition coefficient (Wildman–Crippen LogP) is 3.69. The van der Waals surface area contributed by atoms with Crippen LogP contribution in [0.3, 0.4) is 0 Å². The minimum atomic E-state index is 0.260. The van der Waals surface area contributed by atoms with Gasteiger partial charge in [0.15, 0.2) is 0 Å². The molecule has 1 aromatic rings. The molecule has 1 unspecified atom stereocenters. The molecule has 1 aliphatic carbocycles. The van der Waals surface area contributed by atoms with Gasteiger partial charge in [0.1, 0.15) is 5.75 Å². The summed E-state index contributed by atoms with van der Waals surface area (Å²) in [7, 11) is 1.73. The maximum Gasteiger partial charge on any atom is 0.122 e. The van der Waals surface area contributed by atoms with E-state index in [9.17, 15) is 5.11 Å². The molecule has 0 aliphatic heterocycles. The lowest BCUT2D eigenvalue weighted by Crippen LogP contribution is -2.07. The molecule has 1 aliphatic rings. The molecule has 2 heteroatoms. The van der Waals surface area contributed by atoms with Crippen LogP contribution in [0.2, 0.25) is 0 Å². The lowest BCUT2D eigenvalue weighted by atomic mass is 9.88. The molecule has 100 valence electrons. The summed E-state index contributed by atoms with van der Waals surface area (Å²) in [6.07, 6.45) is 3.43. The second kappa shape index (κ2) is 5.75. The highest BCUT2D eigenvalue weighted by atomic mass is 16.5. The first-order valence-corrected chi connectivity index (χ1v) is 6.96. The number of aliphatic hydroxyl groups excluding tert-OH is 1. The van der Waals surface area contributed by atoms with Crippen LogP contribution in [0.15, 0.2) is 18.2 Å². The van der Waals surface area contributed by atoms with Gasteiger partial charge in [-0.15, -0.1) is 0 Å². The fourth-order valence-corrected chi connectivity index (χ4v) is 2.68. The summed E-state index contributed by atoms with van der Waals surface area (Å²) in [4.78, 5) is 0. The van der Waals surface area contributed by atoms with Crippen LogP contribution in [0.4, 0.5) is 0 Å². The monoisotopic (exact) mass is 248 g/mol. The van der Waals surface area contributed by atoms with Gasteiger partial charge < -0.3 is 9.84 Å². The highest BCUT2D eigenvalue weighted by Crippen LogP contribution is 2.47. The molecule has 0 bridgehead atoms. The lowest BCUT2D eigenvalue weighted by Gasteiger charge is -2.20. The van der Waals surface area contributed by atoms with Crippen LogP contribution < -0.4 is 4.74 Å². The van der Waals surface area contributed by atoms with E-state index in [4.69, 9.17) is 4.74 Å². The highest BCUT2D eigenvalue weighted by Gasteiger charge is 2.33. The van der Waals surface area contributed by atoms with Gasteiger partial charge in [0.25, 0.3) is 0 Å². The zero-order chi connectivity index (χ0) is 13.1. The van der Waals surface area contributed by atoms with Gasteiger partial charge in [0.05, 0.1) is 7.11 Å². The second-order valence-corrected chi connectivity index (χ2v) is 5.61. The Balaban J connectivity index is 2.34. The predicted molar refractivity (Wildman–Crippen MR) is 74.3 cm³/mol. The number of aliphatic hydroxyl groups is 1. The molecular weight excluding hydrogens is 224 g/mol. The summed E-state index contributed by atoms with van der Waals surface area (Å²) in [5, 5.41) is 9.28. The summed E-state index contributed by atoms with van der Waals surface area (Å²) in [6, 6.07) is 6.51. The molecule has 1 atom stereocenters. The van der Waals surface area contributed by atoms with Crippen molar-refractivity contribution in [3.05, 3.63) is 29.3 Å². The average Bonchev–Trinajstić information content (AvgIpc) is 3.19. The summed E-state index contributed by atoms with van der Waals surface area (Å²) in [6.45, 7) is 4.68. The van der Waals surface area contributed by atoms with Crippen LogP contribution in [0, 0.1) is 5.92 Å². The van der Waals surface area contributed by atoms with E-state index in [0.717, 1.165) is 18.1 Å². The molecule has 0 aromatic heterocycles. The Hall–Kier alpha value is -1.02. The van der Waals surface area contributed by atoms with Crippen molar-refractivity contribution in [2.75, 3.05) is 13.7 Å². The summed E-state index contributed by atoms with van der Waals surface area (Å²) in [5.41, 5.74) is 2.65. The van der Waals surface area contributed by atoms with Gasteiger partial charge in [-0.25, -0.2) is 0 Å². The van der Waals surface area contributed by atoms with Crippen molar-refractivity contribution in [2.24, 2.45) is 5.92 Å². The van der Waals surface area contributed by atoms with Crippen molar-refractivity contribution in [3.63, 3.8) is 0 Å². The van der Waals surface area contributed by atoms with Gasteiger partial charge >= 0.3 is 0 Å². The smallest absolute Gasteiger partial charge is 0.122 e. The lowest BCUT2D eigenvalue weighted by molar-refractivity contribution is 0.268. The van der Waals surface area contributed by atoms with Gasteiger partial charge in [0, 0.05) is 6.61 Å². The van der Waals surface area contributed by atoms with Crippen molar-refractivity contribution in [2.45, 2.75) is 44.9 Å². The molecule has 1 saturated carbocycles. The Kier molecular flexibility index (Phi) is 4.28. The maximum atomic E-state index is 9.28. The van der Waals surface area contributed by atoms with E-state index < -0.39 is 0 Å². The average molecular weight is 248 g/mol. The molecule has 2 rings (SSSR count). The number of rotatable bonds is 6. The van der Waals surface area contributed by atoms with Crippen LogP contribution in [0.5, 0.6) is 5.75 Å². The Bertz CT molecular complexity index is 394. The second-order valence-electron chi connectivity index (χ2n) is 5.61. The van der Waals surface area contributed by atoms with Crippen molar-refractivity contribution >= 4 is 0 Å². The maximum absolute atomic E-state index is 9.28. The summed E-state index contributed by atoms with van der Waals surface area (Å²) >= 11 is 0. The number of hydrogen-bond acceptors (Lipinski definition) is 2. The van der Waals surface area contributed by atoms with Crippen LogP contribution in [-0.4, -0.2) is 18.8 Å². The molecule has 1 aromatic carbocycles. The Morgan fingerprint density at radius 1 is 1.33 bits per heavy atom. The quantitative estimate of drug-likeness (QED) is 0.832. The molecular formula is C16H24O2. The van der Waals surface area contributed by atoms with Crippen molar-refractivity contribution in [1.29, 1.82) is 0 Å².